The molecule has 0 aromatic heterocycles. The van der Waals surface area contributed by atoms with Crippen molar-refractivity contribution in [2.75, 3.05) is 7.11 Å². The molecule has 3 aromatic carbocycles. The standard InChI is InChI=1S/C24H29NO4SSi/c1-24(2,3)31(5,6)29-22-14-10-13-20-21(28-4)16-15-18(23(20)22)17-25-30(26,27)19-11-8-7-9-12-19/h7-17H,1-6H3/b25-17+. The zero-order valence-corrected chi connectivity index (χ0v) is 20.7. The van der Waals surface area contributed by atoms with Crippen LogP contribution < -0.4 is 9.16 Å². The molecule has 0 saturated heterocycles. The molecule has 164 valence electrons. The number of benzene rings is 3. The van der Waals surface area contributed by atoms with Crippen LogP contribution in [0.2, 0.25) is 18.1 Å². The molecule has 0 unspecified atom stereocenters. The summed E-state index contributed by atoms with van der Waals surface area (Å²) in [5, 5.41) is 1.65. The SMILES string of the molecule is COc1ccc(/C=N/S(=O)(=O)c2ccccc2)c2c(O[Si](C)(C)C(C)(C)C)cccc12. The number of methoxy groups -OCH3 is 1. The molecule has 0 radical (unpaired) electrons. The third-order valence-corrected chi connectivity index (χ3v) is 11.4. The summed E-state index contributed by atoms with van der Waals surface area (Å²) >= 11 is 0. The van der Waals surface area contributed by atoms with Crippen LogP contribution in [0.25, 0.3) is 10.8 Å². The Hall–Kier alpha value is -2.64. The molecule has 0 fully saturated rings. The minimum Gasteiger partial charge on any atom is -0.543 e. The maximum atomic E-state index is 12.7. The summed E-state index contributed by atoms with van der Waals surface area (Å²) in [5.74, 6) is 1.40. The highest BCUT2D eigenvalue weighted by atomic mass is 32.2. The largest absolute Gasteiger partial charge is 0.543 e. The molecule has 0 aliphatic rings. The van der Waals surface area contributed by atoms with Gasteiger partial charge in [-0.25, -0.2) is 0 Å². The predicted octanol–water partition coefficient (Wildman–Crippen LogP) is 6.04. The van der Waals surface area contributed by atoms with Crippen molar-refractivity contribution in [3.8, 4) is 11.5 Å². The lowest BCUT2D eigenvalue weighted by atomic mass is 10.0. The highest BCUT2D eigenvalue weighted by Crippen LogP contribution is 2.41. The van der Waals surface area contributed by atoms with E-state index in [1.54, 1.807) is 25.3 Å². The number of hydrogen-bond donors (Lipinski definition) is 0. The first-order chi connectivity index (χ1) is 14.5. The van der Waals surface area contributed by atoms with E-state index in [2.05, 4.69) is 38.3 Å². The van der Waals surface area contributed by atoms with Crippen molar-refractivity contribution in [1.29, 1.82) is 0 Å². The van der Waals surface area contributed by atoms with Gasteiger partial charge in [-0.2, -0.15) is 12.8 Å². The van der Waals surface area contributed by atoms with E-state index in [9.17, 15) is 8.42 Å². The van der Waals surface area contributed by atoms with Crippen molar-refractivity contribution in [2.24, 2.45) is 4.40 Å². The van der Waals surface area contributed by atoms with Crippen LogP contribution in [0.15, 0.2) is 70.0 Å². The molecule has 3 aromatic rings. The van der Waals surface area contributed by atoms with Gasteiger partial charge < -0.3 is 9.16 Å². The number of ether oxygens (including phenoxy) is 1. The second kappa shape index (κ2) is 8.47. The smallest absolute Gasteiger partial charge is 0.282 e. The lowest BCUT2D eigenvalue weighted by Crippen LogP contribution is -2.43. The maximum absolute atomic E-state index is 12.7. The Balaban J connectivity index is 2.16. The van der Waals surface area contributed by atoms with Crippen LogP contribution in [0, 0.1) is 0 Å². The fourth-order valence-corrected chi connectivity index (χ4v) is 4.85. The summed E-state index contributed by atoms with van der Waals surface area (Å²) in [4.78, 5) is 0.154. The predicted molar refractivity (Wildman–Crippen MR) is 130 cm³/mol. The minimum atomic E-state index is -3.81. The second-order valence-electron chi connectivity index (χ2n) is 8.92. The van der Waals surface area contributed by atoms with E-state index in [1.807, 2.05) is 30.3 Å². The van der Waals surface area contributed by atoms with E-state index in [-0.39, 0.29) is 9.93 Å². The zero-order valence-electron chi connectivity index (χ0n) is 18.8. The summed E-state index contributed by atoms with van der Waals surface area (Å²) in [7, 11) is -4.32. The molecule has 0 bridgehead atoms. The second-order valence-corrected chi connectivity index (χ2v) is 15.3. The molecular formula is C24H29NO4SSi. The molecule has 0 N–H and O–H groups in total. The van der Waals surface area contributed by atoms with Crippen molar-refractivity contribution < 1.29 is 17.6 Å². The molecule has 31 heavy (non-hydrogen) atoms. The number of fused-ring (bicyclic) bond motifs is 1. The monoisotopic (exact) mass is 455 g/mol. The molecule has 3 rings (SSSR count). The molecular weight excluding hydrogens is 426 g/mol. The summed E-state index contributed by atoms with van der Waals surface area (Å²) < 4.78 is 41.4. The number of hydrogen-bond acceptors (Lipinski definition) is 4. The van der Waals surface area contributed by atoms with Crippen LogP contribution >= 0.6 is 0 Å². The van der Waals surface area contributed by atoms with Crippen LogP contribution in [-0.2, 0) is 10.0 Å². The van der Waals surface area contributed by atoms with Gasteiger partial charge >= 0.3 is 0 Å². The third-order valence-electron chi connectivity index (χ3n) is 5.76. The van der Waals surface area contributed by atoms with Crippen molar-refractivity contribution >= 4 is 35.3 Å². The van der Waals surface area contributed by atoms with Crippen molar-refractivity contribution in [2.45, 2.75) is 43.8 Å². The van der Waals surface area contributed by atoms with Crippen molar-refractivity contribution in [1.82, 2.24) is 0 Å². The van der Waals surface area contributed by atoms with Gasteiger partial charge in [0.15, 0.2) is 0 Å². The fourth-order valence-electron chi connectivity index (χ4n) is 2.95. The number of sulfonamides is 1. The van der Waals surface area contributed by atoms with Crippen LogP contribution in [0.5, 0.6) is 11.5 Å². The Kier molecular flexibility index (Phi) is 6.30. The van der Waals surface area contributed by atoms with Gasteiger partial charge in [-0.1, -0.05) is 51.1 Å². The van der Waals surface area contributed by atoms with E-state index in [0.29, 0.717) is 17.1 Å². The zero-order chi connectivity index (χ0) is 22.9. The Morgan fingerprint density at radius 3 is 2.19 bits per heavy atom. The third kappa shape index (κ3) is 4.83. The van der Waals surface area contributed by atoms with Gasteiger partial charge in [-0.15, -0.1) is 0 Å². The summed E-state index contributed by atoms with van der Waals surface area (Å²) in [6, 6.07) is 17.6. The highest BCUT2D eigenvalue weighted by Gasteiger charge is 2.39. The van der Waals surface area contributed by atoms with Crippen molar-refractivity contribution in [3.63, 3.8) is 0 Å². The maximum Gasteiger partial charge on any atom is 0.282 e. The van der Waals surface area contributed by atoms with E-state index >= 15 is 0 Å². The number of rotatable bonds is 6. The van der Waals surface area contributed by atoms with Crippen LogP contribution in [0.3, 0.4) is 0 Å². The van der Waals surface area contributed by atoms with Gasteiger partial charge in [-0.05, 0) is 48.5 Å². The number of nitrogens with zero attached hydrogens (tertiary/aromatic N) is 1. The Morgan fingerprint density at radius 2 is 1.58 bits per heavy atom. The molecule has 0 amide bonds. The molecule has 0 aliphatic heterocycles. The van der Waals surface area contributed by atoms with Gasteiger partial charge in [0.25, 0.3) is 18.3 Å². The van der Waals surface area contributed by atoms with Gasteiger partial charge in [0.1, 0.15) is 11.5 Å². The van der Waals surface area contributed by atoms with Gasteiger partial charge in [0.05, 0.1) is 12.0 Å². The summed E-state index contributed by atoms with van der Waals surface area (Å²) in [6.45, 7) is 10.9. The molecule has 7 heteroatoms. The Labute approximate surface area is 185 Å². The molecule has 5 nitrogen and oxygen atoms in total. The first kappa shape index (κ1) is 23.0. The Bertz CT molecular complexity index is 1210. The van der Waals surface area contributed by atoms with Gasteiger partial charge in [0, 0.05) is 22.6 Å². The Morgan fingerprint density at radius 1 is 0.903 bits per heavy atom. The van der Waals surface area contributed by atoms with E-state index in [4.69, 9.17) is 9.16 Å². The topological polar surface area (TPSA) is 65.0 Å². The first-order valence-electron chi connectivity index (χ1n) is 10.1. The molecule has 0 aliphatic carbocycles. The minimum absolute atomic E-state index is 0.0128. The molecule has 0 heterocycles. The van der Waals surface area contributed by atoms with E-state index in [0.717, 1.165) is 10.8 Å². The molecule has 0 spiro atoms. The average Bonchev–Trinajstić information content (AvgIpc) is 2.71. The highest BCUT2D eigenvalue weighted by molar-refractivity contribution is 7.90. The summed E-state index contributed by atoms with van der Waals surface area (Å²) in [5.41, 5.74) is 0.657. The lowest BCUT2D eigenvalue weighted by Gasteiger charge is -2.37. The first-order valence-corrected chi connectivity index (χ1v) is 14.5. The average molecular weight is 456 g/mol. The van der Waals surface area contributed by atoms with E-state index < -0.39 is 18.3 Å². The molecule has 0 saturated carbocycles. The van der Waals surface area contributed by atoms with E-state index in [1.165, 1.54) is 18.3 Å². The van der Waals surface area contributed by atoms with Crippen LogP contribution in [0.4, 0.5) is 0 Å². The van der Waals surface area contributed by atoms with Crippen molar-refractivity contribution in [3.05, 3.63) is 66.2 Å². The quantitative estimate of drug-likeness (QED) is 0.336. The van der Waals surface area contributed by atoms with Gasteiger partial charge in [-0.3, -0.25) is 0 Å². The lowest BCUT2D eigenvalue weighted by molar-refractivity contribution is 0.419. The van der Waals surface area contributed by atoms with Gasteiger partial charge in [0.2, 0.25) is 0 Å². The molecule has 0 atom stereocenters. The summed E-state index contributed by atoms with van der Waals surface area (Å²) in [6.07, 6.45) is 1.39. The normalized spacial score (nSPS) is 13.0. The fraction of sp³-hybridized carbons (Fsp3) is 0.292. The van der Waals surface area contributed by atoms with Crippen LogP contribution in [-0.4, -0.2) is 30.1 Å². The van der Waals surface area contributed by atoms with Crippen LogP contribution in [0.1, 0.15) is 26.3 Å².